The van der Waals surface area contributed by atoms with Gasteiger partial charge in [0, 0.05) is 5.56 Å². The van der Waals surface area contributed by atoms with Crippen molar-refractivity contribution in [3.63, 3.8) is 0 Å². The van der Waals surface area contributed by atoms with Crippen LogP contribution in [-0.2, 0) is 15.7 Å². The molecule has 0 aliphatic carbocycles. The Labute approximate surface area is 160 Å². The van der Waals surface area contributed by atoms with E-state index >= 15 is 0 Å². The van der Waals surface area contributed by atoms with Crippen LogP contribution in [0.25, 0.3) is 0 Å². The zero-order valence-corrected chi connectivity index (χ0v) is 16.3. The maximum atomic E-state index is 14.0. The molecule has 0 radical (unpaired) electrons. The van der Waals surface area contributed by atoms with Crippen molar-refractivity contribution >= 4 is 12.6 Å². The summed E-state index contributed by atoms with van der Waals surface area (Å²) in [6.45, 7) is 9.85. The predicted molar refractivity (Wildman–Crippen MR) is 104 cm³/mol. The molecule has 0 amide bonds. The maximum absolute atomic E-state index is 14.0. The fourth-order valence-electron chi connectivity index (χ4n) is 2.79. The standard InChI is InChI=1S/C22H23BF2O2/c1-6-15-13-19(24)18(20(25)14-15)12-9-16-7-10-17(11-8-16)23-26-21(2,3)22(4,5)27-23/h7-8,10-11,13-14H,6H2,1-5H3. The molecular weight excluding hydrogens is 345 g/mol. The lowest BCUT2D eigenvalue weighted by atomic mass is 9.79. The summed E-state index contributed by atoms with van der Waals surface area (Å²) >= 11 is 0. The molecule has 1 saturated heterocycles. The minimum absolute atomic E-state index is 0.206. The molecule has 1 aliphatic rings. The summed E-state index contributed by atoms with van der Waals surface area (Å²) in [6.07, 6.45) is 0.571. The smallest absolute Gasteiger partial charge is 0.399 e. The van der Waals surface area contributed by atoms with Crippen LogP contribution in [0.3, 0.4) is 0 Å². The second-order valence-electron chi connectivity index (χ2n) is 7.75. The molecule has 0 N–H and O–H groups in total. The average Bonchev–Trinajstić information content (AvgIpc) is 2.82. The lowest BCUT2D eigenvalue weighted by Crippen LogP contribution is -2.41. The van der Waals surface area contributed by atoms with E-state index in [9.17, 15) is 8.78 Å². The van der Waals surface area contributed by atoms with Crippen LogP contribution in [0, 0.1) is 23.5 Å². The fraction of sp³-hybridized carbons (Fsp3) is 0.364. The summed E-state index contributed by atoms with van der Waals surface area (Å²) < 4.78 is 40.1. The normalized spacial score (nSPS) is 17.5. The van der Waals surface area contributed by atoms with Gasteiger partial charge in [0.05, 0.1) is 16.8 Å². The van der Waals surface area contributed by atoms with E-state index in [-0.39, 0.29) is 5.56 Å². The highest BCUT2D eigenvalue weighted by molar-refractivity contribution is 6.62. The van der Waals surface area contributed by atoms with E-state index in [1.165, 1.54) is 12.1 Å². The van der Waals surface area contributed by atoms with Gasteiger partial charge in [-0.3, -0.25) is 0 Å². The first kappa shape index (κ1) is 19.6. The highest BCUT2D eigenvalue weighted by Crippen LogP contribution is 2.36. The van der Waals surface area contributed by atoms with Crippen LogP contribution in [0.1, 0.15) is 51.3 Å². The molecule has 0 unspecified atom stereocenters. The molecule has 1 fully saturated rings. The van der Waals surface area contributed by atoms with Gasteiger partial charge in [-0.05, 0) is 69.4 Å². The van der Waals surface area contributed by atoms with Crippen molar-refractivity contribution in [2.24, 2.45) is 0 Å². The lowest BCUT2D eigenvalue weighted by molar-refractivity contribution is 0.00578. The summed E-state index contributed by atoms with van der Waals surface area (Å²) in [6, 6.07) is 9.97. The summed E-state index contributed by atoms with van der Waals surface area (Å²) in [5.41, 5.74) is 1.13. The molecule has 2 nitrogen and oxygen atoms in total. The summed E-state index contributed by atoms with van der Waals surface area (Å²) in [7, 11) is -0.450. The molecule has 27 heavy (non-hydrogen) atoms. The summed E-state index contributed by atoms with van der Waals surface area (Å²) in [5, 5.41) is 0. The van der Waals surface area contributed by atoms with Gasteiger partial charge in [0.15, 0.2) is 0 Å². The Hall–Kier alpha value is -2.16. The Morgan fingerprint density at radius 1 is 0.889 bits per heavy atom. The number of halogens is 2. The third-order valence-corrected chi connectivity index (χ3v) is 5.28. The third-order valence-electron chi connectivity index (χ3n) is 5.28. The van der Waals surface area contributed by atoms with Gasteiger partial charge in [-0.25, -0.2) is 8.78 Å². The van der Waals surface area contributed by atoms with Gasteiger partial charge < -0.3 is 9.31 Å². The molecular formula is C22H23BF2O2. The van der Waals surface area contributed by atoms with E-state index in [1.54, 1.807) is 12.1 Å². The van der Waals surface area contributed by atoms with E-state index < -0.39 is 30.0 Å². The van der Waals surface area contributed by atoms with Gasteiger partial charge in [0.1, 0.15) is 11.6 Å². The van der Waals surface area contributed by atoms with Gasteiger partial charge in [0.2, 0.25) is 0 Å². The van der Waals surface area contributed by atoms with E-state index in [1.807, 2.05) is 46.8 Å². The molecule has 0 spiro atoms. The predicted octanol–water partition coefficient (Wildman–Crippen LogP) is 4.23. The van der Waals surface area contributed by atoms with Crippen LogP contribution in [0.15, 0.2) is 36.4 Å². The van der Waals surface area contributed by atoms with Crippen molar-refractivity contribution < 1.29 is 18.1 Å². The second kappa shape index (κ2) is 7.11. The zero-order chi connectivity index (χ0) is 19.8. The largest absolute Gasteiger partial charge is 0.494 e. The highest BCUT2D eigenvalue weighted by atomic mass is 19.1. The summed E-state index contributed by atoms with van der Waals surface area (Å²) in [4.78, 5) is 0. The molecule has 3 rings (SSSR count). The first-order chi connectivity index (χ1) is 12.6. The SMILES string of the molecule is CCc1cc(F)c(C#Cc2ccc(B3OC(C)(C)C(C)(C)O3)cc2)c(F)c1. The highest BCUT2D eigenvalue weighted by Gasteiger charge is 2.51. The number of aryl methyl sites for hydroxylation is 1. The van der Waals surface area contributed by atoms with Crippen LogP contribution in [0.4, 0.5) is 8.78 Å². The monoisotopic (exact) mass is 368 g/mol. The molecule has 5 heteroatoms. The second-order valence-corrected chi connectivity index (χ2v) is 7.75. The van der Waals surface area contributed by atoms with Crippen LogP contribution in [-0.4, -0.2) is 18.3 Å². The molecule has 1 aliphatic heterocycles. The molecule has 140 valence electrons. The minimum atomic E-state index is -0.631. The maximum Gasteiger partial charge on any atom is 0.494 e. The number of benzene rings is 2. The van der Waals surface area contributed by atoms with Crippen molar-refractivity contribution in [1.82, 2.24) is 0 Å². The average molecular weight is 368 g/mol. The third kappa shape index (κ3) is 3.92. The molecule has 1 heterocycles. The Bertz CT molecular complexity index is 869. The number of hydrogen-bond donors (Lipinski definition) is 0. The van der Waals surface area contributed by atoms with Crippen LogP contribution >= 0.6 is 0 Å². The minimum Gasteiger partial charge on any atom is -0.399 e. The van der Waals surface area contributed by atoms with Gasteiger partial charge in [-0.2, -0.15) is 0 Å². The van der Waals surface area contributed by atoms with Gasteiger partial charge in [-0.1, -0.05) is 30.9 Å². The number of hydrogen-bond acceptors (Lipinski definition) is 2. The van der Waals surface area contributed by atoms with Gasteiger partial charge in [-0.15, -0.1) is 0 Å². The molecule has 2 aromatic rings. The van der Waals surface area contributed by atoms with E-state index in [0.29, 0.717) is 17.5 Å². The van der Waals surface area contributed by atoms with Crippen LogP contribution < -0.4 is 5.46 Å². The lowest BCUT2D eigenvalue weighted by Gasteiger charge is -2.32. The Morgan fingerprint density at radius 3 is 1.89 bits per heavy atom. The topological polar surface area (TPSA) is 18.5 Å². The quantitative estimate of drug-likeness (QED) is 0.584. The molecule has 0 saturated carbocycles. The van der Waals surface area contributed by atoms with Gasteiger partial charge in [0.25, 0.3) is 0 Å². The molecule has 0 bridgehead atoms. The Kier molecular flexibility index (Phi) is 5.16. The van der Waals surface area contributed by atoms with E-state index in [0.717, 1.165) is 5.46 Å². The number of rotatable bonds is 2. The molecule has 0 atom stereocenters. The Morgan fingerprint density at radius 2 is 1.41 bits per heavy atom. The Balaban J connectivity index is 1.80. The van der Waals surface area contributed by atoms with E-state index in [2.05, 4.69) is 11.8 Å². The fourth-order valence-corrected chi connectivity index (χ4v) is 2.79. The van der Waals surface area contributed by atoms with E-state index in [4.69, 9.17) is 9.31 Å². The van der Waals surface area contributed by atoms with Crippen LogP contribution in [0.5, 0.6) is 0 Å². The van der Waals surface area contributed by atoms with Crippen molar-refractivity contribution in [2.45, 2.75) is 52.2 Å². The van der Waals surface area contributed by atoms with Crippen LogP contribution in [0.2, 0.25) is 0 Å². The van der Waals surface area contributed by atoms with Crippen molar-refractivity contribution in [2.75, 3.05) is 0 Å². The van der Waals surface area contributed by atoms with Crippen molar-refractivity contribution in [3.05, 3.63) is 64.7 Å². The first-order valence-electron chi connectivity index (χ1n) is 9.08. The molecule has 0 aromatic heterocycles. The summed E-state index contributed by atoms with van der Waals surface area (Å²) in [5.74, 6) is 4.16. The zero-order valence-electron chi connectivity index (χ0n) is 16.3. The van der Waals surface area contributed by atoms with Gasteiger partial charge >= 0.3 is 7.12 Å². The molecule has 2 aromatic carbocycles. The van der Waals surface area contributed by atoms with Crippen molar-refractivity contribution in [3.8, 4) is 11.8 Å². The van der Waals surface area contributed by atoms with Crippen molar-refractivity contribution in [1.29, 1.82) is 0 Å². The first-order valence-corrected chi connectivity index (χ1v) is 9.08.